The van der Waals surface area contributed by atoms with Gasteiger partial charge >= 0.3 is 0 Å². The fourth-order valence-corrected chi connectivity index (χ4v) is 3.51. The number of aliphatic hydroxyl groups is 1. The van der Waals surface area contributed by atoms with Crippen LogP contribution in [0.1, 0.15) is 18.1 Å². The first-order valence-electron chi connectivity index (χ1n) is 8.44. The lowest BCUT2D eigenvalue weighted by molar-refractivity contribution is -0.245. The average molecular weight is 407 g/mol. The summed E-state index contributed by atoms with van der Waals surface area (Å²) < 4.78 is 17.8. The Labute approximate surface area is 156 Å². The van der Waals surface area contributed by atoms with Gasteiger partial charge in [0, 0.05) is 0 Å². The summed E-state index contributed by atoms with van der Waals surface area (Å²) in [4.78, 5) is -0.354. The van der Waals surface area contributed by atoms with Crippen LogP contribution in [0.5, 0.6) is 0 Å². The van der Waals surface area contributed by atoms with Crippen molar-refractivity contribution >= 4 is 15.9 Å². The number of halogens is 1. The van der Waals surface area contributed by atoms with Gasteiger partial charge in [0.1, 0.15) is 12.2 Å². The van der Waals surface area contributed by atoms with E-state index in [0.29, 0.717) is 13.2 Å². The maximum Gasteiger partial charge on any atom is 0.170 e. The molecular weight excluding hydrogens is 384 g/mol. The molecule has 2 aromatic carbocycles. The number of hydrogen-bond acceptors (Lipinski definition) is 4. The molecule has 1 aliphatic heterocycles. The van der Waals surface area contributed by atoms with Crippen molar-refractivity contribution in [3.05, 3.63) is 71.8 Å². The van der Waals surface area contributed by atoms with Gasteiger partial charge in [0.15, 0.2) is 6.29 Å². The van der Waals surface area contributed by atoms with Crippen LogP contribution in [0.4, 0.5) is 0 Å². The van der Waals surface area contributed by atoms with Crippen molar-refractivity contribution in [3.63, 3.8) is 0 Å². The molecule has 1 heterocycles. The van der Waals surface area contributed by atoms with E-state index in [0.717, 1.165) is 11.1 Å². The van der Waals surface area contributed by atoms with Crippen molar-refractivity contribution in [1.82, 2.24) is 0 Å². The molecule has 0 bridgehead atoms. The first-order valence-corrected chi connectivity index (χ1v) is 9.35. The van der Waals surface area contributed by atoms with Gasteiger partial charge in [-0.05, 0) is 18.1 Å². The minimum atomic E-state index is -0.924. The van der Waals surface area contributed by atoms with Gasteiger partial charge in [0.05, 0.1) is 24.1 Å². The minimum absolute atomic E-state index is 0.270. The molecule has 0 saturated carbocycles. The summed E-state index contributed by atoms with van der Waals surface area (Å²) in [6.45, 7) is 2.83. The van der Waals surface area contributed by atoms with Crippen LogP contribution in [0.25, 0.3) is 0 Å². The number of benzene rings is 2. The van der Waals surface area contributed by atoms with Crippen LogP contribution in [0.3, 0.4) is 0 Å². The van der Waals surface area contributed by atoms with E-state index in [1.165, 1.54) is 0 Å². The first kappa shape index (κ1) is 18.5. The number of alkyl halides is 1. The van der Waals surface area contributed by atoms with Crippen LogP contribution < -0.4 is 0 Å². The van der Waals surface area contributed by atoms with Gasteiger partial charge in [0.2, 0.25) is 0 Å². The smallest absolute Gasteiger partial charge is 0.170 e. The summed E-state index contributed by atoms with van der Waals surface area (Å²) in [5.74, 6) is 0. The van der Waals surface area contributed by atoms with Crippen LogP contribution in [-0.4, -0.2) is 34.5 Å². The summed E-state index contributed by atoms with van der Waals surface area (Å²) in [7, 11) is 0. The van der Waals surface area contributed by atoms with Crippen LogP contribution in [-0.2, 0) is 27.4 Å². The zero-order valence-corrected chi connectivity index (χ0v) is 15.7. The van der Waals surface area contributed by atoms with E-state index in [1.807, 2.05) is 67.6 Å². The van der Waals surface area contributed by atoms with Crippen LogP contribution in [0.15, 0.2) is 60.7 Å². The van der Waals surface area contributed by atoms with Gasteiger partial charge in [-0.1, -0.05) is 76.6 Å². The largest absolute Gasteiger partial charge is 0.369 e. The predicted octanol–water partition coefficient (Wildman–Crippen LogP) is 3.66. The lowest BCUT2D eigenvalue weighted by atomic mass is 10.0. The Kier molecular flexibility index (Phi) is 6.62. The zero-order chi connectivity index (χ0) is 17.6. The molecule has 0 spiro atoms. The Morgan fingerprint density at radius 3 is 1.88 bits per heavy atom. The molecule has 4 nitrogen and oxygen atoms in total. The lowest BCUT2D eigenvalue weighted by Gasteiger charge is -2.41. The third-order valence-corrected chi connectivity index (χ3v) is 5.27. The fourth-order valence-electron chi connectivity index (χ4n) is 2.93. The second-order valence-electron chi connectivity index (χ2n) is 6.20. The molecule has 0 aromatic heterocycles. The molecule has 0 aliphatic carbocycles. The predicted molar refractivity (Wildman–Crippen MR) is 99.3 cm³/mol. The van der Waals surface area contributed by atoms with Gasteiger partial charge in [-0.15, -0.1) is 0 Å². The Morgan fingerprint density at radius 2 is 1.36 bits per heavy atom. The number of hydrogen-bond donors (Lipinski definition) is 1. The number of ether oxygens (including phenoxy) is 3. The van der Waals surface area contributed by atoms with Crippen molar-refractivity contribution in [1.29, 1.82) is 0 Å². The molecule has 1 fully saturated rings. The molecule has 1 aliphatic rings. The minimum Gasteiger partial charge on any atom is -0.369 e. The SMILES string of the molecule is C[C@@H]1O[C@@H](O)[C@H](Br)[C@H](OCc2ccccc2)[C@H]1OCc1ccccc1. The summed E-state index contributed by atoms with van der Waals surface area (Å²) in [5.41, 5.74) is 2.17. The second kappa shape index (κ2) is 8.92. The van der Waals surface area contributed by atoms with Gasteiger partial charge < -0.3 is 19.3 Å². The molecule has 3 rings (SSSR count). The highest BCUT2D eigenvalue weighted by molar-refractivity contribution is 9.09. The van der Waals surface area contributed by atoms with E-state index in [2.05, 4.69) is 15.9 Å². The lowest BCUT2D eigenvalue weighted by Crippen LogP contribution is -2.56. The molecule has 25 heavy (non-hydrogen) atoms. The average Bonchev–Trinajstić information content (AvgIpc) is 2.64. The van der Waals surface area contributed by atoms with E-state index >= 15 is 0 Å². The van der Waals surface area contributed by atoms with Crippen LogP contribution >= 0.6 is 15.9 Å². The molecule has 1 saturated heterocycles. The molecule has 1 N–H and O–H groups in total. The normalized spacial score (nSPS) is 29.5. The fraction of sp³-hybridized carbons (Fsp3) is 0.400. The monoisotopic (exact) mass is 406 g/mol. The molecule has 2 aromatic rings. The van der Waals surface area contributed by atoms with Crippen molar-refractivity contribution in [3.8, 4) is 0 Å². The quantitative estimate of drug-likeness (QED) is 0.743. The second-order valence-corrected chi connectivity index (χ2v) is 7.26. The Morgan fingerprint density at radius 1 is 0.880 bits per heavy atom. The van der Waals surface area contributed by atoms with Crippen LogP contribution in [0, 0.1) is 0 Å². The van der Waals surface area contributed by atoms with E-state index in [-0.39, 0.29) is 23.1 Å². The van der Waals surface area contributed by atoms with Crippen molar-refractivity contribution in [2.24, 2.45) is 0 Å². The molecular formula is C20H23BrO4. The van der Waals surface area contributed by atoms with Crippen molar-refractivity contribution in [2.75, 3.05) is 0 Å². The molecule has 0 unspecified atom stereocenters. The van der Waals surface area contributed by atoms with Gasteiger partial charge in [-0.25, -0.2) is 0 Å². The standard InChI is InChI=1S/C20H23BrO4/c1-14-18(23-12-15-8-4-2-5-9-15)19(17(21)20(22)25-14)24-13-16-10-6-3-7-11-16/h2-11,14,17-20,22H,12-13H2,1H3/t14-,17+,18-,19-,20+/m0/s1. The van der Waals surface area contributed by atoms with Gasteiger partial charge in [-0.3, -0.25) is 0 Å². The topological polar surface area (TPSA) is 47.9 Å². The summed E-state index contributed by atoms with van der Waals surface area (Å²) >= 11 is 3.51. The highest BCUT2D eigenvalue weighted by atomic mass is 79.9. The zero-order valence-electron chi connectivity index (χ0n) is 14.1. The third kappa shape index (κ3) is 4.90. The van der Waals surface area contributed by atoms with Crippen LogP contribution in [0.2, 0.25) is 0 Å². The van der Waals surface area contributed by atoms with E-state index in [1.54, 1.807) is 0 Å². The maximum atomic E-state index is 10.1. The van der Waals surface area contributed by atoms with Crippen molar-refractivity contribution < 1.29 is 19.3 Å². The molecule has 0 radical (unpaired) electrons. The van der Waals surface area contributed by atoms with E-state index in [9.17, 15) is 5.11 Å². The number of rotatable bonds is 6. The summed E-state index contributed by atoms with van der Waals surface area (Å²) in [6.07, 6.45) is -1.79. The highest BCUT2D eigenvalue weighted by Gasteiger charge is 2.44. The molecule has 134 valence electrons. The maximum absolute atomic E-state index is 10.1. The summed E-state index contributed by atoms with van der Waals surface area (Å²) in [5, 5.41) is 10.1. The Bertz CT molecular complexity index is 637. The van der Waals surface area contributed by atoms with Gasteiger partial charge in [-0.2, -0.15) is 0 Å². The molecule has 5 heteroatoms. The Hall–Kier alpha value is -1.24. The van der Waals surface area contributed by atoms with E-state index in [4.69, 9.17) is 14.2 Å². The number of aliphatic hydroxyl groups excluding tert-OH is 1. The molecule has 5 atom stereocenters. The Balaban J connectivity index is 1.67. The summed E-state index contributed by atoms with van der Waals surface area (Å²) in [6, 6.07) is 20.0. The van der Waals surface area contributed by atoms with Gasteiger partial charge in [0.25, 0.3) is 0 Å². The van der Waals surface area contributed by atoms with Crippen molar-refractivity contribution in [2.45, 2.75) is 49.6 Å². The first-order chi connectivity index (χ1) is 12.1. The molecule has 0 amide bonds. The van der Waals surface area contributed by atoms with E-state index < -0.39 is 6.29 Å². The third-order valence-electron chi connectivity index (χ3n) is 4.30. The highest BCUT2D eigenvalue weighted by Crippen LogP contribution is 2.30.